The number of carbonyl (C=O) groups excluding carboxylic acids is 1. The molecule has 0 saturated heterocycles. The Kier molecular flexibility index (Phi) is 5.75. The van der Waals surface area contributed by atoms with Crippen LogP contribution in [0.4, 0.5) is 34.3 Å². The smallest absolute Gasteiger partial charge is 0.255 e. The van der Waals surface area contributed by atoms with Gasteiger partial charge in [0, 0.05) is 58.2 Å². The Labute approximate surface area is 180 Å². The Morgan fingerprint density at radius 1 is 0.806 bits per heavy atom. The highest BCUT2D eigenvalue weighted by atomic mass is 16.1. The monoisotopic (exact) mass is 410 g/mol. The van der Waals surface area contributed by atoms with Crippen LogP contribution in [0.25, 0.3) is 0 Å². The van der Waals surface area contributed by atoms with Gasteiger partial charge in [0.15, 0.2) is 0 Å². The molecule has 0 bridgehead atoms. The molecule has 7 nitrogen and oxygen atoms in total. The Hall–Kier alpha value is -4.39. The van der Waals surface area contributed by atoms with Crippen LogP contribution in [0, 0.1) is 6.92 Å². The molecule has 0 unspecified atom stereocenters. The molecule has 31 heavy (non-hydrogen) atoms. The van der Waals surface area contributed by atoms with Gasteiger partial charge in [-0.15, -0.1) is 0 Å². The van der Waals surface area contributed by atoms with Crippen LogP contribution < -0.4 is 21.7 Å². The molecule has 0 saturated carbocycles. The van der Waals surface area contributed by atoms with Crippen molar-refractivity contribution in [2.45, 2.75) is 6.92 Å². The SMILES string of the molecule is Cc1c(Nc2ccc(C(=O)Nc3cccc(Nc4ccncc4)c3)cc2)ccnc1N. The lowest BCUT2D eigenvalue weighted by Crippen LogP contribution is -2.12. The van der Waals surface area contributed by atoms with Gasteiger partial charge >= 0.3 is 0 Å². The van der Waals surface area contributed by atoms with Crippen molar-refractivity contribution in [1.82, 2.24) is 9.97 Å². The molecule has 0 fully saturated rings. The summed E-state index contributed by atoms with van der Waals surface area (Å²) < 4.78 is 0. The maximum atomic E-state index is 12.7. The highest BCUT2D eigenvalue weighted by Crippen LogP contribution is 2.24. The topological polar surface area (TPSA) is 105 Å². The van der Waals surface area contributed by atoms with E-state index in [1.165, 1.54) is 0 Å². The van der Waals surface area contributed by atoms with Crippen LogP contribution in [0.15, 0.2) is 85.3 Å². The number of benzene rings is 2. The van der Waals surface area contributed by atoms with E-state index < -0.39 is 0 Å². The van der Waals surface area contributed by atoms with Crippen molar-refractivity contribution in [3.63, 3.8) is 0 Å². The van der Waals surface area contributed by atoms with Crippen molar-refractivity contribution in [1.29, 1.82) is 0 Å². The number of amides is 1. The average Bonchev–Trinajstić information content (AvgIpc) is 2.78. The second kappa shape index (κ2) is 8.96. The number of nitrogens with zero attached hydrogens (tertiary/aromatic N) is 2. The number of pyridine rings is 2. The quantitative estimate of drug-likeness (QED) is 0.352. The number of hydrogen-bond acceptors (Lipinski definition) is 6. The van der Waals surface area contributed by atoms with Crippen LogP contribution in [0.2, 0.25) is 0 Å². The summed E-state index contributed by atoms with van der Waals surface area (Å²) in [6.45, 7) is 1.91. The number of rotatable bonds is 6. The molecule has 1 amide bonds. The molecule has 0 aliphatic carbocycles. The van der Waals surface area contributed by atoms with Crippen LogP contribution in [-0.2, 0) is 0 Å². The van der Waals surface area contributed by atoms with Gasteiger partial charge in [0.05, 0.1) is 0 Å². The molecule has 2 heterocycles. The van der Waals surface area contributed by atoms with Crippen molar-refractivity contribution in [2.24, 2.45) is 0 Å². The summed E-state index contributed by atoms with van der Waals surface area (Å²) in [6, 6.07) is 20.4. The molecule has 0 atom stereocenters. The van der Waals surface area contributed by atoms with Gasteiger partial charge in [0.25, 0.3) is 5.91 Å². The molecule has 0 spiro atoms. The van der Waals surface area contributed by atoms with E-state index in [0.29, 0.717) is 17.1 Å². The lowest BCUT2D eigenvalue weighted by atomic mass is 10.1. The predicted octanol–water partition coefficient (Wildman–Crippen LogP) is 5.11. The van der Waals surface area contributed by atoms with E-state index in [1.807, 2.05) is 61.5 Å². The molecule has 154 valence electrons. The van der Waals surface area contributed by atoms with Crippen LogP contribution >= 0.6 is 0 Å². The van der Waals surface area contributed by atoms with Gasteiger partial charge in [-0.25, -0.2) is 4.98 Å². The molecule has 2 aromatic carbocycles. The van der Waals surface area contributed by atoms with Crippen LogP contribution in [0.3, 0.4) is 0 Å². The van der Waals surface area contributed by atoms with Gasteiger partial charge in [-0.1, -0.05) is 6.07 Å². The van der Waals surface area contributed by atoms with Gasteiger partial charge in [0.2, 0.25) is 0 Å². The lowest BCUT2D eigenvalue weighted by Gasteiger charge is -2.12. The zero-order valence-electron chi connectivity index (χ0n) is 17.0. The first-order chi connectivity index (χ1) is 15.1. The molecule has 0 radical (unpaired) electrons. The average molecular weight is 410 g/mol. The van der Waals surface area contributed by atoms with Crippen LogP contribution in [0.5, 0.6) is 0 Å². The molecular formula is C24H22N6O. The van der Waals surface area contributed by atoms with E-state index in [-0.39, 0.29) is 5.91 Å². The molecule has 0 aliphatic rings. The Morgan fingerprint density at radius 2 is 1.52 bits per heavy atom. The summed E-state index contributed by atoms with van der Waals surface area (Å²) in [5, 5.41) is 9.51. The Morgan fingerprint density at radius 3 is 2.29 bits per heavy atom. The Balaban J connectivity index is 1.42. The highest BCUT2D eigenvalue weighted by Gasteiger charge is 2.08. The van der Waals surface area contributed by atoms with Gasteiger partial charge in [-0.05, 0) is 67.6 Å². The molecule has 5 N–H and O–H groups in total. The number of aromatic nitrogens is 2. The number of hydrogen-bond donors (Lipinski definition) is 4. The van der Waals surface area contributed by atoms with E-state index >= 15 is 0 Å². The minimum absolute atomic E-state index is 0.183. The molecule has 2 aromatic heterocycles. The number of anilines is 6. The van der Waals surface area contributed by atoms with Gasteiger partial charge < -0.3 is 21.7 Å². The van der Waals surface area contributed by atoms with Gasteiger partial charge in [0.1, 0.15) is 5.82 Å². The summed E-state index contributed by atoms with van der Waals surface area (Å²) >= 11 is 0. The first-order valence-electron chi connectivity index (χ1n) is 9.75. The standard InChI is InChI=1S/C24H22N6O/c1-16-22(11-14-27-23(16)25)29-18-7-5-17(6-8-18)24(31)30-21-4-2-3-20(15-21)28-19-9-12-26-13-10-19/h2-15H,1H3,(H,26,28)(H,30,31)(H3,25,27,29). The minimum Gasteiger partial charge on any atom is -0.383 e. The summed E-state index contributed by atoms with van der Waals surface area (Å²) in [4.78, 5) is 20.7. The Bertz CT molecular complexity index is 1190. The number of carbonyl (C=O) groups is 1. The fraction of sp³-hybridized carbons (Fsp3) is 0.0417. The fourth-order valence-corrected chi connectivity index (χ4v) is 3.03. The number of nitrogens with two attached hydrogens (primary N) is 1. The van der Waals surface area contributed by atoms with E-state index in [0.717, 1.165) is 28.3 Å². The normalized spacial score (nSPS) is 10.4. The van der Waals surface area contributed by atoms with Crippen LogP contribution in [0.1, 0.15) is 15.9 Å². The van der Waals surface area contributed by atoms with E-state index in [1.54, 1.807) is 30.7 Å². The molecular weight excluding hydrogens is 388 g/mol. The zero-order valence-corrected chi connectivity index (χ0v) is 17.0. The third kappa shape index (κ3) is 4.97. The predicted molar refractivity (Wildman–Crippen MR) is 125 cm³/mol. The molecule has 7 heteroatoms. The maximum Gasteiger partial charge on any atom is 0.255 e. The van der Waals surface area contributed by atoms with E-state index in [9.17, 15) is 4.79 Å². The summed E-state index contributed by atoms with van der Waals surface area (Å²) in [5.41, 5.74) is 11.5. The van der Waals surface area contributed by atoms with Crippen LogP contribution in [-0.4, -0.2) is 15.9 Å². The van der Waals surface area contributed by atoms with E-state index in [2.05, 4.69) is 25.9 Å². The third-order valence-electron chi connectivity index (χ3n) is 4.76. The van der Waals surface area contributed by atoms with Gasteiger partial charge in [-0.3, -0.25) is 9.78 Å². The van der Waals surface area contributed by atoms with Crippen molar-refractivity contribution in [3.05, 3.63) is 96.4 Å². The number of nitrogens with one attached hydrogen (secondary N) is 3. The molecule has 0 aliphatic heterocycles. The second-order valence-corrected chi connectivity index (χ2v) is 6.97. The summed E-state index contributed by atoms with van der Waals surface area (Å²) in [5.74, 6) is 0.304. The van der Waals surface area contributed by atoms with E-state index in [4.69, 9.17) is 5.73 Å². The zero-order chi connectivity index (χ0) is 21.6. The lowest BCUT2D eigenvalue weighted by molar-refractivity contribution is 0.102. The maximum absolute atomic E-state index is 12.7. The van der Waals surface area contributed by atoms with Gasteiger partial charge in [-0.2, -0.15) is 0 Å². The highest BCUT2D eigenvalue weighted by molar-refractivity contribution is 6.04. The minimum atomic E-state index is -0.183. The largest absolute Gasteiger partial charge is 0.383 e. The molecule has 4 rings (SSSR count). The number of nitrogen functional groups attached to an aromatic ring is 1. The summed E-state index contributed by atoms with van der Waals surface area (Å²) in [7, 11) is 0. The van der Waals surface area contributed by atoms with Crippen molar-refractivity contribution < 1.29 is 4.79 Å². The van der Waals surface area contributed by atoms with Crippen molar-refractivity contribution in [3.8, 4) is 0 Å². The van der Waals surface area contributed by atoms with Crippen molar-refractivity contribution in [2.75, 3.05) is 21.7 Å². The summed E-state index contributed by atoms with van der Waals surface area (Å²) in [6.07, 6.45) is 5.10. The first-order valence-corrected chi connectivity index (χ1v) is 9.75. The molecule has 4 aromatic rings. The first kappa shape index (κ1) is 19.9. The van der Waals surface area contributed by atoms with Crippen molar-refractivity contribution >= 4 is 40.2 Å². The second-order valence-electron chi connectivity index (χ2n) is 6.97. The fourth-order valence-electron chi connectivity index (χ4n) is 3.03. The third-order valence-corrected chi connectivity index (χ3v) is 4.76.